The van der Waals surface area contributed by atoms with Crippen LogP contribution in [0.4, 0.5) is 0 Å². The van der Waals surface area contributed by atoms with Crippen molar-refractivity contribution < 1.29 is 13.3 Å². The quantitative estimate of drug-likeness (QED) is 0.739. The van der Waals surface area contributed by atoms with E-state index in [0.717, 1.165) is 11.3 Å². The monoisotopic (exact) mass is 399 g/mol. The van der Waals surface area contributed by atoms with Gasteiger partial charge < -0.3 is 10.6 Å². The van der Waals surface area contributed by atoms with Crippen molar-refractivity contribution in [1.29, 1.82) is 5.26 Å². The van der Waals surface area contributed by atoms with Crippen LogP contribution in [0.15, 0.2) is 52.6 Å². The average molecular weight is 399 g/mol. The summed E-state index contributed by atoms with van der Waals surface area (Å²) in [4.78, 5) is 9.71. The van der Waals surface area contributed by atoms with Gasteiger partial charge in [0.1, 0.15) is 0 Å². The summed E-state index contributed by atoms with van der Waals surface area (Å²) in [5.74, 6) is 0. The number of rotatable bonds is 6. The summed E-state index contributed by atoms with van der Waals surface area (Å²) in [5, 5.41) is 13.0. The highest BCUT2D eigenvalue weighted by molar-refractivity contribution is 7.89. The second-order valence-corrected chi connectivity index (χ2v) is 8.27. The Labute approximate surface area is 164 Å². The topological polar surface area (TPSA) is 122 Å². The van der Waals surface area contributed by atoms with Crippen LogP contribution in [0.5, 0.6) is 0 Å². The molecular formula is C19H21N5O3S. The summed E-state index contributed by atoms with van der Waals surface area (Å²) >= 11 is 0. The van der Waals surface area contributed by atoms with Crippen LogP contribution >= 0.6 is 0 Å². The van der Waals surface area contributed by atoms with Crippen LogP contribution in [-0.2, 0) is 28.0 Å². The van der Waals surface area contributed by atoms with Gasteiger partial charge in [0.05, 0.1) is 27.9 Å². The zero-order valence-corrected chi connectivity index (χ0v) is 16.1. The lowest BCUT2D eigenvalue weighted by Crippen LogP contribution is -2.38. The molecule has 8 nitrogen and oxygen atoms in total. The van der Waals surface area contributed by atoms with E-state index in [0.29, 0.717) is 43.7 Å². The van der Waals surface area contributed by atoms with Gasteiger partial charge in [0.2, 0.25) is 10.0 Å². The van der Waals surface area contributed by atoms with Gasteiger partial charge in [0, 0.05) is 38.7 Å². The first-order chi connectivity index (χ1) is 13.5. The third kappa shape index (κ3) is 4.72. The molecule has 0 aliphatic carbocycles. The molecule has 2 heterocycles. The lowest BCUT2D eigenvalue weighted by molar-refractivity contribution is 0.125. The van der Waals surface area contributed by atoms with E-state index in [9.17, 15) is 8.42 Å². The molecule has 0 bridgehead atoms. The number of nitrogens with zero attached hydrogens (tertiary/aromatic N) is 4. The van der Waals surface area contributed by atoms with Gasteiger partial charge in [-0.2, -0.15) is 9.57 Å². The summed E-state index contributed by atoms with van der Waals surface area (Å²) in [7, 11) is -3.55. The molecule has 9 heteroatoms. The van der Waals surface area contributed by atoms with E-state index in [1.807, 2.05) is 6.07 Å². The number of oxime groups is 1. The lowest BCUT2D eigenvalue weighted by atomic mass is 10.1. The molecule has 0 radical (unpaired) electrons. The lowest BCUT2D eigenvalue weighted by Gasteiger charge is -2.26. The highest BCUT2D eigenvalue weighted by atomic mass is 32.2. The molecule has 1 aromatic heterocycles. The van der Waals surface area contributed by atoms with Crippen molar-refractivity contribution in [2.45, 2.75) is 30.9 Å². The van der Waals surface area contributed by atoms with Gasteiger partial charge in [-0.1, -0.05) is 17.3 Å². The number of piperidine rings is 1. The van der Waals surface area contributed by atoms with E-state index in [-0.39, 0.29) is 11.5 Å². The molecule has 0 atom stereocenters. The SMILES string of the molecule is N#Cc1ccnc(CON=C2CCN(S(=O)(=O)c3cccc(CN)c3)CC2)c1. The number of hydrogen-bond donors (Lipinski definition) is 1. The van der Waals surface area contributed by atoms with E-state index in [1.54, 1.807) is 42.6 Å². The summed E-state index contributed by atoms with van der Waals surface area (Å²) in [6, 6.07) is 12.0. The Hall–Kier alpha value is -2.80. The van der Waals surface area contributed by atoms with Crippen molar-refractivity contribution >= 4 is 15.7 Å². The van der Waals surface area contributed by atoms with Crippen molar-refractivity contribution in [3.05, 3.63) is 59.4 Å². The fourth-order valence-corrected chi connectivity index (χ4v) is 4.39. The van der Waals surface area contributed by atoms with E-state index >= 15 is 0 Å². The van der Waals surface area contributed by atoms with Gasteiger partial charge in [-0.25, -0.2) is 8.42 Å². The molecule has 1 aliphatic rings. The summed E-state index contributed by atoms with van der Waals surface area (Å²) < 4.78 is 27.1. The van der Waals surface area contributed by atoms with Crippen LogP contribution < -0.4 is 5.73 Å². The van der Waals surface area contributed by atoms with Crippen molar-refractivity contribution in [1.82, 2.24) is 9.29 Å². The highest BCUT2D eigenvalue weighted by Gasteiger charge is 2.28. The molecule has 28 heavy (non-hydrogen) atoms. The Balaban J connectivity index is 1.57. The third-order valence-electron chi connectivity index (χ3n) is 4.42. The predicted octanol–water partition coefficient (Wildman–Crippen LogP) is 1.77. The minimum Gasteiger partial charge on any atom is -0.389 e. The Morgan fingerprint density at radius 1 is 1.25 bits per heavy atom. The van der Waals surface area contributed by atoms with E-state index in [4.69, 9.17) is 15.8 Å². The zero-order chi connectivity index (χ0) is 20.0. The normalized spacial score (nSPS) is 15.1. The Morgan fingerprint density at radius 2 is 2.04 bits per heavy atom. The molecule has 3 rings (SSSR count). The first kappa shape index (κ1) is 19.9. The summed E-state index contributed by atoms with van der Waals surface area (Å²) in [5.41, 5.74) is 8.32. The molecule has 0 spiro atoms. The van der Waals surface area contributed by atoms with Crippen LogP contribution in [-0.4, -0.2) is 36.5 Å². The number of benzene rings is 1. The molecule has 1 saturated heterocycles. The summed E-state index contributed by atoms with van der Waals surface area (Å²) in [6.45, 7) is 1.15. The van der Waals surface area contributed by atoms with Crippen molar-refractivity contribution in [3.63, 3.8) is 0 Å². The number of nitriles is 1. The van der Waals surface area contributed by atoms with Crippen LogP contribution in [0, 0.1) is 11.3 Å². The number of sulfonamides is 1. The molecule has 146 valence electrons. The summed E-state index contributed by atoms with van der Waals surface area (Å²) in [6.07, 6.45) is 2.55. The van der Waals surface area contributed by atoms with Gasteiger partial charge in [0.15, 0.2) is 6.61 Å². The zero-order valence-electron chi connectivity index (χ0n) is 15.3. The largest absolute Gasteiger partial charge is 0.389 e. The van der Waals surface area contributed by atoms with Crippen LogP contribution in [0.2, 0.25) is 0 Å². The molecule has 2 aromatic rings. The van der Waals surface area contributed by atoms with Crippen LogP contribution in [0.1, 0.15) is 29.7 Å². The fraction of sp³-hybridized carbons (Fsp3) is 0.316. The second-order valence-electron chi connectivity index (χ2n) is 6.33. The predicted molar refractivity (Wildman–Crippen MR) is 104 cm³/mol. The molecule has 0 unspecified atom stereocenters. The molecule has 0 saturated carbocycles. The first-order valence-corrected chi connectivity index (χ1v) is 10.3. The molecule has 2 N–H and O–H groups in total. The first-order valence-electron chi connectivity index (χ1n) is 8.85. The van der Waals surface area contributed by atoms with E-state index in [1.165, 1.54) is 4.31 Å². The van der Waals surface area contributed by atoms with Gasteiger partial charge in [0.25, 0.3) is 0 Å². The van der Waals surface area contributed by atoms with E-state index in [2.05, 4.69) is 10.1 Å². The minimum atomic E-state index is -3.55. The third-order valence-corrected chi connectivity index (χ3v) is 6.32. The Kier molecular flexibility index (Phi) is 6.36. The molecule has 1 aromatic carbocycles. The maximum Gasteiger partial charge on any atom is 0.243 e. The number of nitrogens with two attached hydrogens (primary N) is 1. The second kappa shape index (κ2) is 8.93. The van der Waals surface area contributed by atoms with Crippen LogP contribution in [0.3, 0.4) is 0 Å². The minimum absolute atomic E-state index is 0.160. The van der Waals surface area contributed by atoms with Gasteiger partial charge >= 0.3 is 0 Å². The maximum atomic E-state index is 12.8. The van der Waals surface area contributed by atoms with Crippen molar-refractivity contribution in [2.24, 2.45) is 10.9 Å². The Morgan fingerprint density at radius 3 is 2.75 bits per heavy atom. The molecule has 1 aliphatic heterocycles. The highest BCUT2D eigenvalue weighted by Crippen LogP contribution is 2.21. The van der Waals surface area contributed by atoms with E-state index < -0.39 is 10.0 Å². The van der Waals surface area contributed by atoms with Crippen molar-refractivity contribution in [2.75, 3.05) is 13.1 Å². The number of hydrogen-bond acceptors (Lipinski definition) is 7. The number of aromatic nitrogens is 1. The standard InChI is InChI=1S/C19H21N5O3S/c20-12-15-2-1-3-19(11-15)28(25,26)24-8-5-17(6-9-24)23-27-14-18-10-16(13-21)4-7-22-18/h1-4,7,10-11H,5-6,8-9,12,14,20H2. The van der Waals surface area contributed by atoms with Gasteiger partial charge in [-0.3, -0.25) is 4.98 Å². The van der Waals surface area contributed by atoms with Crippen molar-refractivity contribution in [3.8, 4) is 6.07 Å². The molecular weight excluding hydrogens is 378 g/mol. The van der Waals surface area contributed by atoms with Crippen LogP contribution in [0.25, 0.3) is 0 Å². The molecule has 1 fully saturated rings. The smallest absolute Gasteiger partial charge is 0.243 e. The maximum absolute atomic E-state index is 12.8. The molecule has 0 amide bonds. The fourth-order valence-electron chi connectivity index (χ4n) is 2.87. The van der Waals surface area contributed by atoms with Gasteiger partial charge in [-0.05, 0) is 29.8 Å². The van der Waals surface area contributed by atoms with Gasteiger partial charge in [-0.15, -0.1) is 0 Å². The average Bonchev–Trinajstić information content (AvgIpc) is 2.74. The Bertz CT molecular complexity index is 1000. The number of pyridine rings is 1.